The van der Waals surface area contributed by atoms with Crippen molar-refractivity contribution in [1.29, 1.82) is 0 Å². The van der Waals surface area contributed by atoms with Crippen LogP contribution in [0, 0.1) is 6.92 Å². The topological polar surface area (TPSA) is 59.8 Å². The van der Waals surface area contributed by atoms with Crippen LogP contribution in [0.3, 0.4) is 0 Å². The molecule has 1 fully saturated rings. The number of rotatable bonds is 5. The minimum absolute atomic E-state index is 0.525. The molecule has 138 valence electrons. The Labute approximate surface area is 156 Å². The fourth-order valence-corrected chi connectivity index (χ4v) is 3.58. The Balaban J connectivity index is 1.59. The van der Waals surface area contributed by atoms with E-state index in [2.05, 4.69) is 43.0 Å². The Morgan fingerprint density at radius 3 is 2.35 bits per heavy atom. The molecule has 1 aromatic carbocycles. The summed E-state index contributed by atoms with van der Waals surface area (Å²) in [4.78, 5) is 9.38. The van der Waals surface area contributed by atoms with Crippen molar-refractivity contribution >= 4 is 18.3 Å². The second kappa shape index (κ2) is 8.21. The van der Waals surface area contributed by atoms with Gasteiger partial charge in [-0.3, -0.25) is 9.88 Å². The number of hydrogen-bond acceptors (Lipinski definition) is 5. The third-order valence-corrected chi connectivity index (χ3v) is 5.16. The number of benzene rings is 1. The molecule has 26 heavy (non-hydrogen) atoms. The number of aryl methyl sites for hydroxylation is 1. The van der Waals surface area contributed by atoms with Crippen molar-refractivity contribution in [2.24, 2.45) is 0 Å². The van der Waals surface area contributed by atoms with Gasteiger partial charge in [-0.2, -0.15) is 0 Å². The van der Waals surface area contributed by atoms with E-state index in [4.69, 9.17) is 4.98 Å². The normalized spacial score (nSPS) is 15.9. The van der Waals surface area contributed by atoms with Crippen LogP contribution in [0.2, 0.25) is 0 Å². The molecule has 6 heteroatoms. The average molecular weight is 353 g/mol. The third kappa shape index (κ3) is 4.64. The van der Waals surface area contributed by atoms with E-state index < -0.39 is 7.12 Å². The molecule has 5 nitrogen and oxygen atoms in total. The van der Waals surface area contributed by atoms with Gasteiger partial charge < -0.3 is 14.9 Å². The summed E-state index contributed by atoms with van der Waals surface area (Å²) < 4.78 is 0. The molecule has 1 aliphatic rings. The molecule has 0 amide bonds. The zero-order valence-electron chi connectivity index (χ0n) is 15.9. The van der Waals surface area contributed by atoms with Gasteiger partial charge in [-0.25, -0.2) is 0 Å². The fraction of sp³-hybridized carbons (Fsp3) is 0.450. The van der Waals surface area contributed by atoms with E-state index in [1.807, 2.05) is 12.1 Å². The molecule has 0 aliphatic carbocycles. The summed E-state index contributed by atoms with van der Waals surface area (Å²) >= 11 is 0. The zero-order chi connectivity index (χ0) is 18.7. The third-order valence-electron chi connectivity index (χ3n) is 5.16. The molecule has 2 aromatic rings. The van der Waals surface area contributed by atoms with Gasteiger partial charge in [-0.15, -0.1) is 0 Å². The molecule has 0 saturated carbocycles. The second-order valence-electron chi connectivity index (χ2n) is 7.45. The van der Waals surface area contributed by atoms with Gasteiger partial charge in [0.15, 0.2) is 0 Å². The van der Waals surface area contributed by atoms with Crippen molar-refractivity contribution in [2.45, 2.75) is 32.2 Å². The summed E-state index contributed by atoms with van der Waals surface area (Å²) in [5, 5.41) is 18.4. The van der Waals surface area contributed by atoms with Crippen LogP contribution < -0.4 is 10.4 Å². The smallest absolute Gasteiger partial charge is 0.423 e. The van der Waals surface area contributed by atoms with E-state index in [1.165, 1.54) is 16.9 Å². The lowest BCUT2D eigenvalue weighted by atomic mass is 9.80. The van der Waals surface area contributed by atoms with Gasteiger partial charge in [0.25, 0.3) is 0 Å². The highest BCUT2D eigenvalue weighted by Crippen LogP contribution is 2.29. The average Bonchev–Trinajstić information content (AvgIpc) is 2.62. The van der Waals surface area contributed by atoms with Crippen LogP contribution in [0.4, 0.5) is 5.69 Å². The first-order valence-electron chi connectivity index (χ1n) is 9.25. The summed E-state index contributed by atoms with van der Waals surface area (Å²) in [5.74, 6) is 0.525. The summed E-state index contributed by atoms with van der Waals surface area (Å²) in [7, 11) is 2.75. The molecule has 2 N–H and O–H groups in total. The Bertz CT molecular complexity index is 726. The van der Waals surface area contributed by atoms with E-state index >= 15 is 0 Å². The van der Waals surface area contributed by atoms with Crippen molar-refractivity contribution in [3.63, 3.8) is 0 Å². The Morgan fingerprint density at radius 2 is 1.77 bits per heavy atom. The summed E-state index contributed by atoms with van der Waals surface area (Å²) in [6.07, 6.45) is 2.24. The van der Waals surface area contributed by atoms with Gasteiger partial charge >= 0.3 is 7.12 Å². The monoisotopic (exact) mass is 353 g/mol. The highest BCUT2D eigenvalue weighted by molar-refractivity contribution is 6.58. The van der Waals surface area contributed by atoms with Crippen molar-refractivity contribution in [1.82, 2.24) is 9.88 Å². The quantitative estimate of drug-likeness (QED) is 0.799. The van der Waals surface area contributed by atoms with Gasteiger partial charge in [0.2, 0.25) is 0 Å². The molecule has 0 atom stereocenters. The minimum atomic E-state index is -1.39. The molecular weight excluding hydrogens is 325 g/mol. The van der Waals surface area contributed by atoms with Gasteiger partial charge in [0.05, 0.1) is 0 Å². The maximum atomic E-state index is 9.18. The van der Waals surface area contributed by atoms with E-state index in [0.717, 1.165) is 38.2 Å². The van der Waals surface area contributed by atoms with Crippen molar-refractivity contribution in [3.05, 3.63) is 53.3 Å². The van der Waals surface area contributed by atoms with E-state index in [0.29, 0.717) is 11.4 Å². The molecule has 3 rings (SSSR count). The number of likely N-dealkylation sites (tertiary alicyclic amines) is 1. The van der Waals surface area contributed by atoms with Gasteiger partial charge in [-0.05, 0) is 56.0 Å². The van der Waals surface area contributed by atoms with Gasteiger partial charge in [0.1, 0.15) is 0 Å². The van der Waals surface area contributed by atoms with Gasteiger partial charge in [-0.1, -0.05) is 24.3 Å². The van der Waals surface area contributed by atoms with Crippen LogP contribution in [-0.4, -0.2) is 54.2 Å². The molecule has 1 aliphatic heterocycles. The molecule has 0 spiro atoms. The lowest BCUT2D eigenvalue weighted by molar-refractivity contribution is 0.203. The highest BCUT2D eigenvalue weighted by atomic mass is 16.4. The Hall–Kier alpha value is -1.89. The fourth-order valence-electron chi connectivity index (χ4n) is 3.58. The highest BCUT2D eigenvalue weighted by Gasteiger charge is 2.22. The molecule has 0 radical (unpaired) electrons. The van der Waals surface area contributed by atoms with E-state index in [9.17, 15) is 10.0 Å². The van der Waals surface area contributed by atoms with Crippen LogP contribution >= 0.6 is 0 Å². The number of anilines is 1. The van der Waals surface area contributed by atoms with E-state index in [1.54, 1.807) is 12.1 Å². The molecule has 0 bridgehead atoms. The summed E-state index contributed by atoms with van der Waals surface area (Å²) in [6, 6.07) is 11.9. The second-order valence-corrected chi connectivity index (χ2v) is 7.45. The largest absolute Gasteiger partial charge is 0.488 e. The first-order chi connectivity index (χ1) is 12.4. The standard InChI is InChI=1S/C20H28BN3O2/c1-15-12-19(23(2)3)13-20(22-15)17-8-10-24(11-9-17)14-16-4-6-18(7-5-16)21(25)26/h4-7,12-13,17,25-26H,8-11,14H2,1-3H3. The lowest BCUT2D eigenvalue weighted by Crippen LogP contribution is -2.33. The molecule has 1 saturated heterocycles. The van der Waals surface area contributed by atoms with Crippen molar-refractivity contribution < 1.29 is 10.0 Å². The maximum Gasteiger partial charge on any atom is 0.488 e. The number of nitrogens with zero attached hydrogens (tertiary/aromatic N) is 3. The number of hydrogen-bond donors (Lipinski definition) is 2. The number of pyridine rings is 1. The van der Waals surface area contributed by atoms with Crippen LogP contribution in [0.1, 0.15) is 35.7 Å². The van der Waals surface area contributed by atoms with Crippen LogP contribution in [-0.2, 0) is 6.54 Å². The number of aromatic nitrogens is 1. The van der Waals surface area contributed by atoms with Crippen molar-refractivity contribution in [3.8, 4) is 0 Å². The van der Waals surface area contributed by atoms with Crippen molar-refractivity contribution in [2.75, 3.05) is 32.1 Å². The van der Waals surface area contributed by atoms with Gasteiger partial charge in [0, 0.05) is 43.6 Å². The maximum absolute atomic E-state index is 9.18. The predicted octanol–water partition coefficient (Wildman–Crippen LogP) is 1.52. The zero-order valence-corrected chi connectivity index (χ0v) is 15.9. The van der Waals surface area contributed by atoms with Crippen LogP contribution in [0.5, 0.6) is 0 Å². The lowest BCUT2D eigenvalue weighted by Gasteiger charge is -2.32. The molecule has 2 heterocycles. The number of piperidine rings is 1. The Kier molecular flexibility index (Phi) is 5.96. The molecular formula is C20H28BN3O2. The molecule has 1 aromatic heterocycles. The Morgan fingerprint density at radius 1 is 1.12 bits per heavy atom. The van der Waals surface area contributed by atoms with Crippen LogP contribution in [0.15, 0.2) is 36.4 Å². The van der Waals surface area contributed by atoms with Crippen LogP contribution in [0.25, 0.3) is 0 Å². The molecule has 0 unspecified atom stereocenters. The SMILES string of the molecule is Cc1cc(N(C)C)cc(C2CCN(Cc3ccc(B(O)O)cc3)CC2)n1. The first kappa shape index (κ1) is 18.9. The summed E-state index contributed by atoms with van der Waals surface area (Å²) in [6.45, 7) is 5.08. The minimum Gasteiger partial charge on any atom is -0.423 e. The first-order valence-corrected chi connectivity index (χ1v) is 9.25. The summed E-state index contributed by atoms with van der Waals surface area (Å²) in [5.41, 5.74) is 5.27. The predicted molar refractivity (Wildman–Crippen MR) is 107 cm³/mol. The van der Waals surface area contributed by atoms with E-state index in [-0.39, 0.29) is 0 Å².